The first-order valence-corrected chi connectivity index (χ1v) is 7.16. The molecule has 0 bridgehead atoms. The van der Waals surface area contributed by atoms with Gasteiger partial charge in [0.25, 0.3) is 0 Å². The molecule has 18 heavy (non-hydrogen) atoms. The van der Waals surface area contributed by atoms with E-state index in [1.807, 2.05) is 0 Å². The molecule has 2 heteroatoms. The van der Waals surface area contributed by atoms with Crippen LogP contribution in [0.2, 0.25) is 0 Å². The summed E-state index contributed by atoms with van der Waals surface area (Å²) in [6.07, 6.45) is 10.8. The lowest BCUT2D eigenvalue weighted by atomic mass is 10.1. The Morgan fingerprint density at radius 3 is 3.06 bits per heavy atom. The first-order chi connectivity index (χ1) is 8.86. The van der Waals surface area contributed by atoms with Crippen LogP contribution in [0.25, 0.3) is 23.4 Å². The third-order valence-corrected chi connectivity index (χ3v) is 4.12. The molecule has 0 aliphatic heterocycles. The molecular formula is C16H15NS. The molecule has 0 saturated heterocycles. The second-order valence-electron chi connectivity index (χ2n) is 4.36. The fourth-order valence-electron chi connectivity index (χ4n) is 2.12. The third kappa shape index (κ3) is 2.16. The molecule has 1 heterocycles. The van der Waals surface area contributed by atoms with Crippen LogP contribution >= 0.6 is 11.3 Å². The second-order valence-corrected chi connectivity index (χ2v) is 5.30. The van der Waals surface area contributed by atoms with Gasteiger partial charge in [-0.2, -0.15) is 0 Å². The molecule has 0 unspecified atom stereocenters. The van der Waals surface area contributed by atoms with Gasteiger partial charge in [0.2, 0.25) is 0 Å². The zero-order valence-electron chi connectivity index (χ0n) is 10.4. The van der Waals surface area contributed by atoms with Crippen molar-refractivity contribution in [2.45, 2.75) is 19.8 Å². The summed E-state index contributed by atoms with van der Waals surface area (Å²) in [6, 6.07) is 6.60. The van der Waals surface area contributed by atoms with Gasteiger partial charge in [0, 0.05) is 10.9 Å². The predicted molar refractivity (Wildman–Crippen MR) is 78.9 cm³/mol. The van der Waals surface area contributed by atoms with E-state index < -0.39 is 0 Å². The molecule has 1 aromatic heterocycles. The number of aryl methyl sites for hydroxylation is 1. The van der Waals surface area contributed by atoms with Crippen LogP contribution in [0.15, 0.2) is 35.7 Å². The number of rotatable bonds is 2. The van der Waals surface area contributed by atoms with Crippen molar-refractivity contribution in [2.75, 3.05) is 0 Å². The number of hydrogen-bond donors (Lipinski definition) is 0. The van der Waals surface area contributed by atoms with Crippen LogP contribution in [0, 0.1) is 0 Å². The fraction of sp³-hybridized carbons (Fsp3) is 0.188. The summed E-state index contributed by atoms with van der Waals surface area (Å²) >= 11 is 1.74. The number of nitrogens with zero attached hydrogens (tertiary/aromatic N) is 1. The summed E-state index contributed by atoms with van der Waals surface area (Å²) in [5.41, 5.74) is 2.31. The van der Waals surface area contributed by atoms with E-state index in [4.69, 9.17) is 0 Å². The van der Waals surface area contributed by atoms with E-state index in [-0.39, 0.29) is 0 Å². The molecule has 0 N–H and O–H groups in total. The molecule has 1 nitrogen and oxygen atoms in total. The normalized spacial score (nSPS) is 13.4. The van der Waals surface area contributed by atoms with Crippen LogP contribution in [-0.4, -0.2) is 4.98 Å². The van der Waals surface area contributed by atoms with Crippen molar-refractivity contribution in [1.29, 1.82) is 0 Å². The van der Waals surface area contributed by atoms with Gasteiger partial charge in [0.1, 0.15) is 0 Å². The highest BCUT2D eigenvalue weighted by molar-refractivity contribution is 7.09. The van der Waals surface area contributed by atoms with Crippen LogP contribution in [0.3, 0.4) is 0 Å². The number of hydrogen-bond acceptors (Lipinski definition) is 2. The number of benzene rings is 1. The number of thiazole rings is 1. The van der Waals surface area contributed by atoms with E-state index in [2.05, 4.69) is 59.8 Å². The quantitative estimate of drug-likeness (QED) is 0.802. The highest BCUT2D eigenvalue weighted by Crippen LogP contribution is 2.20. The first kappa shape index (κ1) is 11.4. The number of fused-ring (bicyclic) bond motifs is 1. The van der Waals surface area contributed by atoms with Crippen LogP contribution in [0.5, 0.6) is 0 Å². The molecule has 0 radical (unpaired) electrons. The minimum atomic E-state index is 1.01. The van der Waals surface area contributed by atoms with Gasteiger partial charge in [-0.05, 0) is 29.3 Å². The van der Waals surface area contributed by atoms with Crippen LogP contribution < -0.4 is 10.4 Å². The maximum atomic E-state index is 4.65. The average molecular weight is 253 g/mol. The Balaban J connectivity index is 2.12. The van der Waals surface area contributed by atoms with E-state index in [1.165, 1.54) is 21.0 Å². The van der Waals surface area contributed by atoms with Crippen LogP contribution in [0.4, 0.5) is 0 Å². The van der Waals surface area contributed by atoms with Gasteiger partial charge in [-0.15, -0.1) is 11.3 Å². The highest BCUT2D eigenvalue weighted by atomic mass is 32.1. The predicted octanol–water partition coefficient (Wildman–Crippen LogP) is 2.89. The van der Waals surface area contributed by atoms with Crippen LogP contribution in [0.1, 0.15) is 18.4 Å². The van der Waals surface area contributed by atoms with Crippen molar-refractivity contribution in [3.8, 4) is 11.3 Å². The first-order valence-electron chi connectivity index (χ1n) is 6.28. The maximum absolute atomic E-state index is 4.65. The van der Waals surface area contributed by atoms with E-state index in [1.54, 1.807) is 11.3 Å². The van der Waals surface area contributed by atoms with Gasteiger partial charge in [0.05, 0.1) is 10.7 Å². The van der Waals surface area contributed by atoms with E-state index >= 15 is 0 Å². The summed E-state index contributed by atoms with van der Waals surface area (Å²) in [7, 11) is 0. The zero-order valence-corrected chi connectivity index (χ0v) is 11.2. The molecule has 1 aliphatic rings. The monoisotopic (exact) mass is 253 g/mol. The molecular weight excluding hydrogens is 238 g/mol. The molecule has 0 saturated carbocycles. The Morgan fingerprint density at radius 1 is 1.28 bits per heavy atom. The van der Waals surface area contributed by atoms with Gasteiger partial charge in [-0.3, -0.25) is 0 Å². The summed E-state index contributed by atoms with van der Waals surface area (Å²) < 4.78 is 0. The summed E-state index contributed by atoms with van der Waals surface area (Å²) in [5.74, 6) is 0. The third-order valence-electron chi connectivity index (χ3n) is 3.12. The summed E-state index contributed by atoms with van der Waals surface area (Å²) in [4.78, 5) is 4.65. The SMILES string of the molecule is CCc1nc(-c2ccc3c(c2)=CC=CCC=3)cs1. The molecule has 90 valence electrons. The molecule has 1 aliphatic carbocycles. The van der Waals surface area contributed by atoms with Crippen molar-refractivity contribution in [3.05, 3.63) is 51.2 Å². The molecule has 0 spiro atoms. The van der Waals surface area contributed by atoms with E-state index in [0.29, 0.717) is 0 Å². The lowest BCUT2D eigenvalue weighted by molar-refractivity contribution is 1.10. The minimum absolute atomic E-state index is 1.01. The van der Waals surface area contributed by atoms with Crippen molar-refractivity contribution in [1.82, 2.24) is 4.98 Å². The summed E-state index contributed by atoms with van der Waals surface area (Å²) in [5, 5.41) is 5.95. The Hall–Kier alpha value is -1.67. The molecule has 0 amide bonds. The van der Waals surface area contributed by atoms with E-state index in [9.17, 15) is 0 Å². The van der Waals surface area contributed by atoms with Crippen molar-refractivity contribution >= 4 is 23.5 Å². The smallest absolute Gasteiger partial charge is 0.0929 e. The van der Waals surface area contributed by atoms with Gasteiger partial charge >= 0.3 is 0 Å². The average Bonchev–Trinajstić information content (AvgIpc) is 2.76. The lowest BCUT2D eigenvalue weighted by Crippen LogP contribution is -2.23. The topological polar surface area (TPSA) is 12.9 Å². The molecule has 2 aromatic rings. The van der Waals surface area contributed by atoms with Crippen molar-refractivity contribution < 1.29 is 0 Å². The molecule has 1 aromatic carbocycles. The van der Waals surface area contributed by atoms with Gasteiger partial charge in [-0.1, -0.05) is 43.4 Å². The highest BCUT2D eigenvalue weighted by Gasteiger charge is 2.03. The number of allylic oxidation sites excluding steroid dienone is 2. The molecule has 0 atom stereocenters. The molecule has 3 rings (SSSR count). The second kappa shape index (κ2) is 4.91. The van der Waals surface area contributed by atoms with Gasteiger partial charge in [-0.25, -0.2) is 4.98 Å². The molecule has 0 fully saturated rings. The van der Waals surface area contributed by atoms with Gasteiger partial charge in [0.15, 0.2) is 0 Å². The lowest BCUT2D eigenvalue weighted by Gasteiger charge is -1.97. The zero-order chi connectivity index (χ0) is 12.4. The van der Waals surface area contributed by atoms with Crippen molar-refractivity contribution in [3.63, 3.8) is 0 Å². The maximum Gasteiger partial charge on any atom is 0.0929 e. The fourth-order valence-corrected chi connectivity index (χ4v) is 2.87. The Labute approximate surface area is 111 Å². The Morgan fingerprint density at radius 2 is 2.22 bits per heavy atom. The van der Waals surface area contributed by atoms with Crippen LogP contribution in [-0.2, 0) is 6.42 Å². The largest absolute Gasteiger partial charge is 0.241 e. The summed E-state index contributed by atoms with van der Waals surface area (Å²) in [6.45, 7) is 2.15. The Kier molecular flexibility index (Phi) is 3.11. The van der Waals surface area contributed by atoms with E-state index in [0.717, 1.165) is 18.5 Å². The Bertz CT molecular complexity index is 707. The van der Waals surface area contributed by atoms with Gasteiger partial charge < -0.3 is 0 Å². The van der Waals surface area contributed by atoms with Crippen molar-refractivity contribution in [2.24, 2.45) is 0 Å². The standard InChI is InChI=1S/C16H15NS/c1-2-16-17-15(11-18-16)14-9-8-12-6-4-3-5-7-13(12)10-14/h3,5-11H,2,4H2,1H3. The minimum Gasteiger partial charge on any atom is -0.241 e. The number of aromatic nitrogens is 1.